The number of benzene rings is 2. The van der Waals surface area contributed by atoms with Crippen LogP contribution in [0.15, 0.2) is 36.4 Å². The molecule has 30 heavy (non-hydrogen) atoms. The summed E-state index contributed by atoms with van der Waals surface area (Å²) in [5.74, 6) is -1.41. The van der Waals surface area contributed by atoms with Crippen molar-refractivity contribution in [1.82, 2.24) is 5.32 Å². The highest BCUT2D eigenvalue weighted by molar-refractivity contribution is 7.64. The molecule has 1 atom stereocenters. The van der Waals surface area contributed by atoms with Crippen molar-refractivity contribution in [1.29, 1.82) is 0 Å². The quantitative estimate of drug-likeness (QED) is 0.356. The molecule has 2 amide bonds. The van der Waals surface area contributed by atoms with Gasteiger partial charge in [-0.1, -0.05) is 32.2 Å². The molecule has 1 N–H and O–H groups in total. The summed E-state index contributed by atoms with van der Waals surface area (Å²) in [6.07, 6.45) is -4.08. The van der Waals surface area contributed by atoms with Crippen molar-refractivity contribution in [3.8, 4) is 11.1 Å². The predicted molar refractivity (Wildman–Crippen MR) is 112 cm³/mol. The van der Waals surface area contributed by atoms with Gasteiger partial charge in [0, 0.05) is 18.2 Å². The van der Waals surface area contributed by atoms with Crippen molar-refractivity contribution in [2.45, 2.75) is 25.6 Å². The zero-order valence-corrected chi connectivity index (χ0v) is 17.7. The van der Waals surface area contributed by atoms with E-state index in [0.717, 1.165) is 16.3 Å². The van der Waals surface area contributed by atoms with Crippen LogP contribution >= 0.6 is 7.92 Å². The zero-order valence-electron chi connectivity index (χ0n) is 16.8. The van der Waals surface area contributed by atoms with Crippen LogP contribution in [0.25, 0.3) is 11.1 Å². The number of amides is 2. The van der Waals surface area contributed by atoms with Crippen LogP contribution in [0.2, 0.25) is 0 Å². The van der Waals surface area contributed by atoms with Crippen LogP contribution in [-0.2, 0) is 15.8 Å². The van der Waals surface area contributed by atoms with E-state index in [4.69, 9.17) is 0 Å². The molecule has 0 aliphatic carbocycles. The monoisotopic (exact) mass is 442 g/mol. The Bertz CT molecular complexity index is 903. The number of hydrogen-bond donors (Lipinski definition) is 1. The number of nitrogens with zero attached hydrogens (tertiary/aromatic N) is 1. The number of carbonyl (C=O) groups is 2. The van der Waals surface area contributed by atoms with Gasteiger partial charge in [0.15, 0.2) is 0 Å². The molecule has 2 rings (SSSR count). The van der Waals surface area contributed by atoms with Gasteiger partial charge in [-0.2, -0.15) is 13.2 Å². The molecule has 1 unspecified atom stereocenters. The molecule has 0 saturated carbocycles. The van der Waals surface area contributed by atoms with Crippen LogP contribution in [0, 0.1) is 5.82 Å². The normalized spacial score (nSPS) is 12.5. The minimum Gasteiger partial charge on any atom is -0.356 e. The van der Waals surface area contributed by atoms with Crippen LogP contribution in [0.3, 0.4) is 0 Å². The summed E-state index contributed by atoms with van der Waals surface area (Å²) in [6, 6.07) is 8.83. The second-order valence-corrected chi connectivity index (χ2v) is 9.27. The van der Waals surface area contributed by atoms with E-state index < -0.39 is 31.2 Å². The van der Waals surface area contributed by atoms with Crippen molar-refractivity contribution >= 4 is 31.7 Å². The Balaban J connectivity index is 2.58. The maximum absolute atomic E-state index is 15.3. The predicted octanol–water partition coefficient (Wildman–Crippen LogP) is 4.37. The van der Waals surface area contributed by atoms with Crippen LogP contribution in [-0.4, -0.2) is 38.7 Å². The lowest BCUT2D eigenvalue weighted by Crippen LogP contribution is -2.32. The number of halogens is 4. The highest BCUT2D eigenvalue weighted by Crippen LogP contribution is 2.42. The van der Waals surface area contributed by atoms with E-state index in [-0.39, 0.29) is 31.0 Å². The molecule has 0 aliphatic rings. The second kappa shape index (κ2) is 10.0. The number of anilines is 1. The van der Waals surface area contributed by atoms with Gasteiger partial charge < -0.3 is 10.2 Å². The third-order valence-corrected chi connectivity index (χ3v) is 6.03. The summed E-state index contributed by atoms with van der Waals surface area (Å²) in [4.78, 5) is 22.8. The van der Waals surface area contributed by atoms with Gasteiger partial charge in [0.25, 0.3) is 0 Å². The van der Waals surface area contributed by atoms with E-state index in [1.165, 1.54) is 6.07 Å². The Hall–Kier alpha value is -2.47. The van der Waals surface area contributed by atoms with E-state index >= 15 is 4.39 Å². The summed E-state index contributed by atoms with van der Waals surface area (Å²) < 4.78 is 56.8. The molecule has 162 valence electrons. The molecular formula is C21H23F4N2O2P. The minimum absolute atomic E-state index is 0.112. The van der Waals surface area contributed by atoms with Crippen molar-refractivity contribution < 1.29 is 27.2 Å². The van der Waals surface area contributed by atoms with Crippen LogP contribution < -0.4 is 15.5 Å². The molecule has 9 heteroatoms. The second-order valence-electron chi connectivity index (χ2n) is 7.00. The third-order valence-electron chi connectivity index (χ3n) is 4.67. The molecule has 0 radical (unpaired) electrons. The maximum atomic E-state index is 15.3. The summed E-state index contributed by atoms with van der Waals surface area (Å²) in [7, 11) is -0.680. The highest BCUT2D eigenvalue weighted by Gasteiger charge is 2.40. The Morgan fingerprint density at radius 2 is 1.77 bits per heavy atom. The molecule has 0 spiro atoms. The van der Waals surface area contributed by atoms with Gasteiger partial charge in [-0.05, 0) is 49.7 Å². The summed E-state index contributed by atoms with van der Waals surface area (Å²) >= 11 is 0. The number of carbonyl (C=O) groups excluding carboxylic acids is 2. The summed E-state index contributed by atoms with van der Waals surface area (Å²) in [5, 5.41) is 3.25. The molecule has 0 heterocycles. The van der Waals surface area contributed by atoms with Crippen molar-refractivity contribution in [3.05, 3.63) is 47.8 Å². The van der Waals surface area contributed by atoms with Crippen molar-refractivity contribution in [2.75, 3.05) is 24.8 Å². The fourth-order valence-electron chi connectivity index (χ4n) is 3.14. The molecular weight excluding hydrogens is 419 g/mol. The number of nitrogens with one attached hydrogen (secondary N) is 1. The van der Waals surface area contributed by atoms with E-state index in [0.29, 0.717) is 12.0 Å². The molecule has 0 fully saturated rings. The first-order valence-electron chi connectivity index (χ1n) is 9.19. The molecule has 0 saturated heterocycles. The highest BCUT2D eigenvalue weighted by atomic mass is 31.1. The van der Waals surface area contributed by atoms with E-state index in [1.54, 1.807) is 31.2 Å². The fraction of sp³-hybridized carbons (Fsp3) is 0.333. The lowest BCUT2D eigenvalue weighted by molar-refractivity contribution is -0.139. The first kappa shape index (κ1) is 23.8. The van der Waals surface area contributed by atoms with E-state index in [1.807, 2.05) is 13.3 Å². The first-order chi connectivity index (χ1) is 14.1. The van der Waals surface area contributed by atoms with Gasteiger partial charge in [0.2, 0.25) is 12.8 Å². The Labute approximate surface area is 174 Å². The Morgan fingerprint density at radius 3 is 2.33 bits per heavy atom. The summed E-state index contributed by atoms with van der Waals surface area (Å²) in [5.41, 5.74) is -1.77. The van der Waals surface area contributed by atoms with Gasteiger partial charge in [-0.25, -0.2) is 4.39 Å². The van der Waals surface area contributed by atoms with Crippen LogP contribution in [0.4, 0.5) is 23.2 Å². The molecule has 2 aromatic rings. The smallest absolute Gasteiger partial charge is 0.356 e. The van der Waals surface area contributed by atoms with Gasteiger partial charge in [-0.3, -0.25) is 9.59 Å². The molecule has 0 aliphatic heterocycles. The largest absolute Gasteiger partial charge is 0.421 e. The molecule has 0 aromatic heterocycles. The SMILES string of the molecule is CC(CCN(C=O)c1ccc(-c2ccccc2P(C)C)c(F)c1C(F)(F)F)NC=O. The number of rotatable bonds is 9. The van der Waals surface area contributed by atoms with E-state index in [2.05, 4.69) is 5.32 Å². The van der Waals surface area contributed by atoms with Gasteiger partial charge in [0.1, 0.15) is 11.4 Å². The standard InChI is InChI=1S/C21H23F4N2O2P/c1-14(26-12-28)10-11-27(13-29)17-9-8-16(20(22)19(17)21(23,24)25)15-6-4-5-7-18(15)30(2)3/h4-9,12-14H,10-11H2,1-3H3,(H,26,28). The van der Waals surface area contributed by atoms with Gasteiger partial charge in [0.05, 0.1) is 5.69 Å². The zero-order chi connectivity index (χ0) is 22.5. The van der Waals surface area contributed by atoms with Crippen LogP contribution in [0.1, 0.15) is 18.9 Å². The third kappa shape index (κ3) is 5.36. The molecule has 2 aromatic carbocycles. The van der Waals surface area contributed by atoms with Gasteiger partial charge >= 0.3 is 6.18 Å². The van der Waals surface area contributed by atoms with Crippen molar-refractivity contribution in [3.63, 3.8) is 0 Å². The Morgan fingerprint density at radius 1 is 1.10 bits per heavy atom. The van der Waals surface area contributed by atoms with Crippen molar-refractivity contribution in [2.24, 2.45) is 0 Å². The van der Waals surface area contributed by atoms with Crippen LogP contribution in [0.5, 0.6) is 0 Å². The number of alkyl halides is 3. The number of hydrogen-bond acceptors (Lipinski definition) is 2. The first-order valence-corrected chi connectivity index (χ1v) is 11.4. The average Bonchev–Trinajstić information content (AvgIpc) is 2.67. The lowest BCUT2D eigenvalue weighted by Gasteiger charge is -2.25. The Kier molecular flexibility index (Phi) is 7.96. The minimum atomic E-state index is -5.00. The lowest BCUT2D eigenvalue weighted by atomic mass is 9.99. The van der Waals surface area contributed by atoms with E-state index in [9.17, 15) is 22.8 Å². The molecule has 4 nitrogen and oxygen atoms in total. The fourth-order valence-corrected chi connectivity index (χ4v) is 4.20. The topological polar surface area (TPSA) is 49.4 Å². The maximum Gasteiger partial charge on any atom is 0.421 e. The average molecular weight is 442 g/mol. The summed E-state index contributed by atoms with van der Waals surface area (Å²) in [6.45, 7) is 5.41. The van der Waals surface area contributed by atoms with Gasteiger partial charge in [-0.15, -0.1) is 0 Å². The molecule has 0 bridgehead atoms.